The normalized spacial score (nSPS) is 18.6. The van der Waals surface area contributed by atoms with Crippen LogP contribution in [0, 0.1) is 5.92 Å². The first-order valence-electron chi connectivity index (χ1n) is 6.89. The zero-order valence-electron chi connectivity index (χ0n) is 11.4. The second-order valence-corrected chi connectivity index (χ2v) is 5.04. The van der Waals surface area contributed by atoms with Gasteiger partial charge in [-0.15, -0.1) is 0 Å². The monoisotopic (exact) mass is 248 g/mol. The van der Waals surface area contributed by atoms with Gasteiger partial charge in [0, 0.05) is 6.04 Å². The van der Waals surface area contributed by atoms with Gasteiger partial charge in [-0.3, -0.25) is 0 Å². The molecule has 100 valence electrons. The van der Waals surface area contributed by atoms with Gasteiger partial charge in [-0.1, -0.05) is 19.1 Å². The van der Waals surface area contributed by atoms with E-state index in [9.17, 15) is 0 Å². The summed E-state index contributed by atoms with van der Waals surface area (Å²) in [5, 5.41) is 3.39. The molecule has 0 radical (unpaired) electrons. The van der Waals surface area contributed by atoms with Gasteiger partial charge in [-0.25, -0.2) is 0 Å². The number of methoxy groups -OCH3 is 1. The highest BCUT2D eigenvalue weighted by atomic mass is 16.5. The average Bonchev–Trinajstić information content (AvgIpc) is 2.46. The lowest BCUT2D eigenvalue weighted by Crippen LogP contribution is -2.33. The van der Waals surface area contributed by atoms with E-state index in [-0.39, 0.29) is 6.04 Å². The summed E-state index contributed by atoms with van der Waals surface area (Å²) in [5.74, 6) is 1.57. The number of benzene rings is 1. The molecule has 1 unspecified atom stereocenters. The van der Waals surface area contributed by atoms with Gasteiger partial charge >= 0.3 is 0 Å². The molecule has 3 N–H and O–H groups in total. The number of hydrogen-bond donors (Lipinski definition) is 2. The third-order valence-corrected chi connectivity index (χ3v) is 3.96. The Balaban J connectivity index is 2.16. The maximum atomic E-state index is 6.42. The van der Waals surface area contributed by atoms with Gasteiger partial charge in [0.05, 0.1) is 7.11 Å². The Labute approximate surface area is 110 Å². The van der Waals surface area contributed by atoms with Crippen molar-refractivity contribution >= 4 is 0 Å². The molecule has 18 heavy (non-hydrogen) atoms. The van der Waals surface area contributed by atoms with Crippen molar-refractivity contribution in [3.63, 3.8) is 0 Å². The molecule has 0 amide bonds. The lowest BCUT2D eigenvalue weighted by atomic mass is 9.86. The molecule has 1 fully saturated rings. The van der Waals surface area contributed by atoms with E-state index in [0.29, 0.717) is 5.92 Å². The van der Waals surface area contributed by atoms with E-state index in [4.69, 9.17) is 10.5 Å². The fraction of sp³-hybridized carbons (Fsp3) is 0.600. The molecule has 3 heteroatoms. The molecule has 1 aliphatic heterocycles. The van der Waals surface area contributed by atoms with Crippen molar-refractivity contribution in [3.8, 4) is 5.75 Å². The highest BCUT2D eigenvalue weighted by molar-refractivity contribution is 5.38. The molecule has 0 aliphatic carbocycles. The number of rotatable bonds is 4. The lowest BCUT2D eigenvalue weighted by molar-refractivity contribution is 0.321. The third-order valence-electron chi connectivity index (χ3n) is 3.96. The van der Waals surface area contributed by atoms with Crippen LogP contribution in [0.5, 0.6) is 5.75 Å². The van der Waals surface area contributed by atoms with Gasteiger partial charge in [-0.2, -0.15) is 0 Å². The fourth-order valence-corrected chi connectivity index (χ4v) is 2.76. The van der Waals surface area contributed by atoms with Gasteiger partial charge < -0.3 is 15.8 Å². The van der Waals surface area contributed by atoms with Crippen LogP contribution in [-0.2, 0) is 6.42 Å². The molecule has 0 bridgehead atoms. The van der Waals surface area contributed by atoms with E-state index in [1.54, 1.807) is 7.11 Å². The van der Waals surface area contributed by atoms with Crippen molar-refractivity contribution in [2.45, 2.75) is 32.2 Å². The third kappa shape index (κ3) is 2.85. The molecule has 1 heterocycles. The lowest BCUT2D eigenvalue weighted by Gasteiger charge is -2.28. The van der Waals surface area contributed by atoms with Crippen molar-refractivity contribution in [3.05, 3.63) is 29.3 Å². The van der Waals surface area contributed by atoms with Gasteiger partial charge in [0.1, 0.15) is 5.75 Å². The minimum atomic E-state index is 0.156. The molecule has 1 aliphatic rings. The molecule has 1 saturated heterocycles. The Kier molecular flexibility index (Phi) is 4.61. The summed E-state index contributed by atoms with van der Waals surface area (Å²) >= 11 is 0. The number of hydrogen-bond acceptors (Lipinski definition) is 3. The maximum absolute atomic E-state index is 6.42. The summed E-state index contributed by atoms with van der Waals surface area (Å²) in [5.41, 5.74) is 8.92. The first-order chi connectivity index (χ1) is 8.76. The number of ether oxygens (including phenoxy) is 1. The van der Waals surface area contributed by atoms with E-state index in [2.05, 4.69) is 30.4 Å². The van der Waals surface area contributed by atoms with Crippen LogP contribution in [0.1, 0.15) is 36.9 Å². The van der Waals surface area contributed by atoms with Crippen LogP contribution in [0.4, 0.5) is 0 Å². The standard InChI is InChI=1S/C15H24N2O/c1-3-11-10-13(4-5-14(11)18-2)15(16)12-6-8-17-9-7-12/h4-5,10,12,15,17H,3,6-9,16H2,1-2H3. The van der Waals surface area contributed by atoms with Gasteiger partial charge in [0.25, 0.3) is 0 Å². The molecule has 1 aromatic carbocycles. The van der Waals surface area contributed by atoms with Crippen molar-refractivity contribution in [1.29, 1.82) is 0 Å². The highest BCUT2D eigenvalue weighted by Crippen LogP contribution is 2.30. The van der Waals surface area contributed by atoms with Gasteiger partial charge in [-0.05, 0) is 55.5 Å². The Morgan fingerprint density at radius 2 is 2.11 bits per heavy atom. The zero-order chi connectivity index (χ0) is 13.0. The Hall–Kier alpha value is -1.06. The van der Waals surface area contributed by atoms with Gasteiger partial charge in [0.2, 0.25) is 0 Å². The Bertz CT molecular complexity index is 386. The molecule has 3 nitrogen and oxygen atoms in total. The summed E-state index contributed by atoms with van der Waals surface area (Å²) < 4.78 is 5.37. The van der Waals surface area contributed by atoms with Gasteiger partial charge in [0.15, 0.2) is 0 Å². The van der Waals surface area contributed by atoms with Crippen LogP contribution < -0.4 is 15.8 Å². The summed E-state index contributed by atoms with van der Waals surface area (Å²) in [6.45, 7) is 4.34. The molecule has 1 atom stereocenters. The van der Waals surface area contributed by atoms with E-state index >= 15 is 0 Å². The van der Waals surface area contributed by atoms with Crippen molar-refractivity contribution in [2.75, 3.05) is 20.2 Å². The summed E-state index contributed by atoms with van der Waals surface area (Å²) in [7, 11) is 1.72. The number of piperidine rings is 1. The summed E-state index contributed by atoms with van der Waals surface area (Å²) in [6, 6.07) is 6.54. The zero-order valence-corrected chi connectivity index (χ0v) is 11.4. The molecule has 0 saturated carbocycles. The van der Waals surface area contributed by atoms with E-state index in [1.807, 2.05) is 0 Å². The minimum absolute atomic E-state index is 0.156. The van der Waals surface area contributed by atoms with Crippen molar-refractivity contribution < 1.29 is 4.74 Å². The Morgan fingerprint density at radius 1 is 1.39 bits per heavy atom. The fourth-order valence-electron chi connectivity index (χ4n) is 2.76. The maximum Gasteiger partial charge on any atom is 0.122 e. The number of nitrogens with one attached hydrogen (secondary N) is 1. The molecular weight excluding hydrogens is 224 g/mol. The smallest absolute Gasteiger partial charge is 0.122 e. The first-order valence-corrected chi connectivity index (χ1v) is 6.89. The molecular formula is C15H24N2O. The van der Waals surface area contributed by atoms with Crippen LogP contribution in [0.25, 0.3) is 0 Å². The number of aryl methyl sites for hydroxylation is 1. The number of nitrogens with two attached hydrogens (primary N) is 1. The topological polar surface area (TPSA) is 47.3 Å². The van der Waals surface area contributed by atoms with Crippen LogP contribution >= 0.6 is 0 Å². The first kappa shape index (κ1) is 13.4. The van der Waals surface area contributed by atoms with Crippen LogP contribution in [0.2, 0.25) is 0 Å². The quantitative estimate of drug-likeness (QED) is 0.859. The molecule has 0 aromatic heterocycles. The van der Waals surface area contributed by atoms with Crippen LogP contribution in [0.3, 0.4) is 0 Å². The highest BCUT2D eigenvalue weighted by Gasteiger charge is 2.22. The SMILES string of the molecule is CCc1cc(C(N)C2CCNCC2)ccc1OC. The summed E-state index contributed by atoms with van der Waals surface area (Å²) in [4.78, 5) is 0. The van der Waals surface area contributed by atoms with E-state index in [1.165, 1.54) is 24.0 Å². The van der Waals surface area contributed by atoms with Crippen molar-refractivity contribution in [2.24, 2.45) is 11.7 Å². The molecule has 2 rings (SSSR count). The summed E-state index contributed by atoms with van der Waals surface area (Å²) in [6.07, 6.45) is 3.33. The predicted molar refractivity (Wildman–Crippen MR) is 74.9 cm³/mol. The molecule has 1 aromatic rings. The average molecular weight is 248 g/mol. The van der Waals surface area contributed by atoms with E-state index in [0.717, 1.165) is 25.3 Å². The second-order valence-electron chi connectivity index (χ2n) is 5.04. The van der Waals surface area contributed by atoms with Crippen molar-refractivity contribution in [1.82, 2.24) is 5.32 Å². The predicted octanol–water partition coefficient (Wildman–Crippen LogP) is 2.26. The van der Waals surface area contributed by atoms with E-state index < -0.39 is 0 Å². The molecule has 0 spiro atoms. The largest absolute Gasteiger partial charge is 0.496 e. The Morgan fingerprint density at radius 3 is 2.72 bits per heavy atom. The minimum Gasteiger partial charge on any atom is -0.496 e. The van der Waals surface area contributed by atoms with Crippen LogP contribution in [0.15, 0.2) is 18.2 Å². The van der Waals surface area contributed by atoms with Crippen LogP contribution in [-0.4, -0.2) is 20.2 Å². The second kappa shape index (κ2) is 6.21.